The summed E-state index contributed by atoms with van der Waals surface area (Å²) in [6, 6.07) is 14.0. The molecule has 146 valence electrons. The van der Waals surface area contributed by atoms with Crippen LogP contribution in [0.25, 0.3) is 21.8 Å². The van der Waals surface area contributed by atoms with E-state index in [-0.39, 0.29) is 30.7 Å². The zero-order valence-corrected chi connectivity index (χ0v) is 19.2. The van der Waals surface area contributed by atoms with Crippen molar-refractivity contribution in [3.8, 4) is 0 Å². The van der Waals surface area contributed by atoms with Gasteiger partial charge in [-0.3, -0.25) is 4.79 Å². The lowest BCUT2D eigenvalue weighted by atomic mass is 10.1. The van der Waals surface area contributed by atoms with Crippen LogP contribution in [0, 0.1) is 3.57 Å². The second-order valence-electron chi connectivity index (χ2n) is 5.99. The summed E-state index contributed by atoms with van der Waals surface area (Å²) in [6.45, 7) is 7.75. The molecule has 1 heterocycles. The monoisotopic (exact) mass is 519 g/mol. The Hall–Kier alpha value is -1.15. The van der Waals surface area contributed by atoms with Crippen molar-refractivity contribution in [1.29, 1.82) is 0 Å². The van der Waals surface area contributed by atoms with Crippen LogP contribution < -0.4 is 5.32 Å². The number of benzene rings is 2. The van der Waals surface area contributed by atoms with Crippen LogP contribution in [-0.4, -0.2) is 42.0 Å². The fraction of sp³-hybridized carbons (Fsp3) is 0.300. The minimum Gasteiger partial charge on any atom is -0.351 e. The van der Waals surface area contributed by atoms with Crippen molar-refractivity contribution in [3.63, 3.8) is 0 Å². The van der Waals surface area contributed by atoms with E-state index in [0.29, 0.717) is 12.1 Å². The molecule has 2 aromatic carbocycles. The average molecular weight is 520 g/mol. The van der Waals surface area contributed by atoms with Gasteiger partial charge in [0.05, 0.1) is 16.6 Å². The van der Waals surface area contributed by atoms with Crippen LogP contribution in [0.3, 0.4) is 0 Å². The van der Waals surface area contributed by atoms with Crippen LogP contribution >= 0.6 is 47.4 Å². The highest BCUT2D eigenvalue weighted by Gasteiger charge is 2.12. The van der Waals surface area contributed by atoms with E-state index in [2.05, 4.69) is 58.8 Å². The van der Waals surface area contributed by atoms with Gasteiger partial charge < -0.3 is 10.2 Å². The Balaban J connectivity index is 0.00000182. The Kier molecular flexibility index (Phi) is 9.73. The van der Waals surface area contributed by atoms with Gasteiger partial charge in [-0.05, 0) is 66.0 Å². The topological polar surface area (TPSA) is 45.2 Å². The van der Waals surface area contributed by atoms with Gasteiger partial charge in [0.1, 0.15) is 0 Å². The summed E-state index contributed by atoms with van der Waals surface area (Å²) in [7, 11) is 0. The van der Waals surface area contributed by atoms with Crippen molar-refractivity contribution in [2.24, 2.45) is 0 Å². The molecular formula is C20H24Cl2IN3O. The summed E-state index contributed by atoms with van der Waals surface area (Å²) >= 11 is 2.30. The predicted octanol–water partition coefficient (Wildman–Crippen LogP) is 4.91. The highest BCUT2D eigenvalue weighted by molar-refractivity contribution is 14.1. The lowest BCUT2D eigenvalue weighted by molar-refractivity contribution is 0.0950. The molecular weight excluding hydrogens is 496 g/mol. The van der Waals surface area contributed by atoms with E-state index < -0.39 is 0 Å². The quantitative estimate of drug-likeness (QED) is 0.372. The number of hydrogen-bond acceptors (Lipinski definition) is 3. The second-order valence-corrected chi connectivity index (χ2v) is 7.23. The normalized spacial score (nSPS) is 10.5. The van der Waals surface area contributed by atoms with Crippen molar-refractivity contribution in [2.45, 2.75) is 13.8 Å². The van der Waals surface area contributed by atoms with E-state index in [1.54, 1.807) is 0 Å². The second kappa shape index (κ2) is 11.0. The molecule has 4 nitrogen and oxygen atoms in total. The van der Waals surface area contributed by atoms with Gasteiger partial charge in [0, 0.05) is 27.4 Å². The number of para-hydroxylation sites is 1. The zero-order chi connectivity index (χ0) is 17.8. The van der Waals surface area contributed by atoms with E-state index in [0.717, 1.165) is 41.4 Å². The average Bonchev–Trinajstić information content (AvgIpc) is 2.63. The molecule has 3 rings (SSSR count). The summed E-state index contributed by atoms with van der Waals surface area (Å²) in [5, 5.41) is 5.11. The van der Waals surface area contributed by atoms with Crippen molar-refractivity contribution < 1.29 is 4.79 Å². The maximum Gasteiger partial charge on any atom is 0.253 e. The molecule has 7 heteroatoms. The fourth-order valence-electron chi connectivity index (χ4n) is 2.98. The molecule has 0 bridgehead atoms. The number of amides is 1. The fourth-order valence-corrected chi connectivity index (χ4v) is 3.49. The number of likely N-dealkylation sites (N-methyl/N-ethyl adjacent to an activating group) is 1. The molecule has 0 fully saturated rings. The number of carbonyl (C=O) groups is 1. The smallest absolute Gasteiger partial charge is 0.253 e. The minimum atomic E-state index is -0.0601. The van der Waals surface area contributed by atoms with E-state index >= 15 is 0 Å². The number of aromatic nitrogens is 1. The van der Waals surface area contributed by atoms with Crippen LogP contribution in [0.5, 0.6) is 0 Å². The SMILES string of the molecule is CCN(CC)CCNC(=O)c1cccc2cc3cc(I)ccc3nc12.Cl.Cl. The Morgan fingerprint density at radius 2 is 1.81 bits per heavy atom. The molecule has 0 aliphatic carbocycles. The van der Waals surface area contributed by atoms with Gasteiger partial charge in [-0.25, -0.2) is 4.98 Å². The molecule has 0 aliphatic rings. The van der Waals surface area contributed by atoms with Gasteiger partial charge in [-0.2, -0.15) is 0 Å². The first kappa shape index (κ1) is 23.9. The first-order valence-corrected chi connectivity index (χ1v) is 9.69. The molecule has 1 N–H and O–H groups in total. The largest absolute Gasteiger partial charge is 0.351 e. The van der Waals surface area contributed by atoms with Gasteiger partial charge in [0.25, 0.3) is 5.91 Å². The standard InChI is InChI=1S/C20H22IN3O.2ClH/c1-3-24(4-2)11-10-22-20(25)17-7-5-6-14-12-15-13-16(21)8-9-18(15)23-19(14)17;;/h5-9,12-13H,3-4,10-11H2,1-2H3,(H,22,25);2*1H. The number of fused-ring (bicyclic) bond motifs is 2. The first-order valence-electron chi connectivity index (χ1n) is 8.62. The zero-order valence-electron chi connectivity index (χ0n) is 15.4. The van der Waals surface area contributed by atoms with Crippen LogP contribution in [0.1, 0.15) is 24.2 Å². The molecule has 27 heavy (non-hydrogen) atoms. The summed E-state index contributed by atoms with van der Waals surface area (Å²) in [5.41, 5.74) is 2.31. The van der Waals surface area contributed by atoms with Crippen molar-refractivity contribution >= 4 is 75.1 Å². The van der Waals surface area contributed by atoms with Crippen LogP contribution in [0.15, 0.2) is 42.5 Å². The third-order valence-corrected chi connectivity index (χ3v) is 5.12. The van der Waals surface area contributed by atoms with Gasteiger partial charge in [0.2, 0.25) is 0 Å². The number of nitrogens with zero attached hydrogens (tertiary/aromatic N) is 2. The lowest BCUT2D eigenvalue weighted by Gasteiger charge is -2.18. The summed E-state index contributed by atoms with van der Waals surface area (Å²) < 4.78 is 1.18. The number of nitrogens with one attached hydrogen (secondary N) is 1. The highest BCUT2D eigenvalue weighted by atomic mass is 127. The highest BCUT2D eigenvalue weighted by Crippen LogP contribution is 2.23. The molecule has 0 spiro atoms. The third kappa shape index (κ3) is 5.67. The van der Waals surface area contributed by atoms with Crippen LogP contribution in [0.4, 0.5) is 0 Å². The predicted molar refractivity (Wildman–Crippen MR) is 127 cm³/mol. The van der Waals surface area contributed by atoms with Crippen LogP contribution in [0.2, 0.25) is 0 Å². The van der Waals surface area contributed by atoms with Crippen molar-refractivity contribution in [3.05, 3.63) is 51.6 Å². The maximum absolute atomic E-state index is 12.6. The number of halogens is 3. The van der Waals surface area contributed by atoms with E-state index in [1.165, 1.54) is 3.57 Å². The van der Waals surface area contributed by atoms with Gasteiger partial charge in [-0.1, -0.05) is 26.0 Å². The molecule has 0 atom stereocenters. The lowest BCUT2D eigenvalue weighted by Crippen LogP contribution is -2.34. The number of carbonyl (C=O) groups excluding carboxylic acids is 1. The maximum atomic E-state index is 12.6. The van der Waals surface area contributed by atoms with E-state index in [9.17, 15) is 4.79 Å². The summed E-state index contributed by atoms with van der Waals surface area (Å²) in [4.78, 5) is 19.7. The Bertz CT molecular complexity index is 916. The first-order chi connectivity index (χ1) is 12.1. The van der Waals surface area contributed by atoms with Crippen molar-refractivity contribution in [1.82, 2.24) is 15.2 Å². The molecule has 0 unspecified atom stereocenters. The number of hydrogen-bond donors (Lipinski definition) is 1. The van der Waals surface area contributed by atoms with Crippen molar-refractivity contribution in [2.75, 3.05) is 26.2 Å². The van der Waals surface area contributed by atoms with Gasteiger partial charge >= 0.3 is 0 Å². The van der Waals surface area contributed by atoms with Crippen LogP contribution in [-0.2, 0) is 0 Å². The Morgan fingerprint density at radius 1 is 1.07 bits per heavy atom. The van der Waals surface area contributed by atoms with E-state index in [1.807, 2.05) is 30.3 Å². The molecule has 0 saturated carbocycles. The molecule has 3 aromatic rings. The number of pyridine rings is 1. The molecule has 0 radical (unpaired) electrons. The summed E-state index contributed by atoms with van der Waals surface area (Å²) in [5.74, 6) is -0.0601. The van der Waals surface area contributed by atoms with Gasteiger partial charge in [-0.15, -0.1) is 24.8 Å². The minimum absolute atomic E-state index is 0. The summed E-state index contributed by atoms with van der Waals surface area (Å²) in [6.07, 6.45) is 0. The number of rotatable bonds is 6. The Labute approximate surface area is 186 Å². The van der Waals surface area contributed by atoms with E-state index in [4.69, 9.17) is 4.98 Å². The molecule has 0 saturated heterocycles. The Morgan fingerprint density at radius 3 is 2.52 bits per heavy atom. The molecule has 1 aromatic heterocycles. The molecule has 0 aliphatic heterocycles. The third-order valence-electron chi connectivity index (χ3n) is 4.45. The van der Waals surface area contributed by atoms with Gasteiger partial charge in [0.15, 0.2) is 0 Å². The molecule has 1 amide bonds.